The lowest BCUT2D eigenvalue weighted by Gasteiger charge is -2.35. The lowest BCUT2D eigenvalue weighted by atomic mass is 9.92. The van der Waals surface area contributed by atoms with Gasteiger partial charge in [0.05, 0.1) is 6.04 Å². The van der Waals surface area contributed by atoms with Crippen molar-refractivity contribution in [3.63, 3.8) is 0 Å². The lowest BCUT2D eigenvalue weighted by molar-refractivity contribution is -0.115. The maximum absolute atomic E-state index is 12.5. The van der Waals surface area contributed by atoms with Crippen LogP contribution < -0.4 is 10.6 Å². The Morgan fingerprint density at radius 2 is 1.75 bits per heavy atom. The van der Waals surface area contributed by atoms with Crippen LogP contribution in [-0.4, -0.2) is 29.9 Å². The van der Waals surface area contributed by atoms with Crippen LogP contribution in [0.15, 0.2) is 24.3 Å². The highest BCUT2D eigenvalue weighted by atomic mass is 16.2. The molecule has 1 saturated heterocycles. The van der Waals surface area contributed by atoms with Crippen molar-refractivity contribution in [1.82, 2.24) is 10.2 Å². The number of urea groups is 1. The predicted octanol–water partition coefficient (Wildman–Crippen LogP) is 3.78. The SMILES string of the molecule is CCC(=O)Nc1ccc(C(C)NC(=O)N2CC(C)CC(C)C2)cc1. The molecule has 5 nitrogen and oxygen atoms in total. The third kappa shape index (κ3) is 4.98. The molecule has 2 rings (SSSR count). The molecule has 1 aliphatic rings. The molecule has 0 bridgehead atoms. The Kier molecular flexibility index (Phi) is 6.23. The van der Waals surface area contributed by atoms with Crippen molar-refractivity contribution in [2.24, 2.45) is 11.8 Å². The molecule has 24 heavy (non-hydrogen) atoms. The molecular weight excluding hydrogens is 302 g/mol. The number of anilines is 1. The van der Waals surface area contributed by atoms with Crippen LogP contribution >= 0.6 is 0 Å². The van der Waals surface area contributed by atoms with Gasteiger partial charge >= 0.3 is 6.03 Å². The summed E-state index contributed by atoms with van der Waals surface area (Å²) in [5.74, 6) is 1.10. The summed E-state index contributed by atoms with van der Waals surface area (Å²) >= 11 is 0. The number of nitrogens with zero attached hydrogens (tertiary/aromatic N) is 1. The molecule has 132 valence electrons. The highest BCUT2D eigenvalue weighted by molar-refractivity contribution is 5.90. The molecule has 1 aliphatic heterocycles. The van der Waals surface area contributed by atoms with Gasteiger partial charge in [0.25, 0.3) is 0 Å². The van der Waals surface area contributed by atoms with Gasteiger partial charge in [-0.15, -0.1) is 0 Å². The number of likely N-dealkylation sites (tertiary alicyclic amines) is 1. The van der Waals surface area contributed by atoms with Crippen LogP contribution in [-0.2, 0) is 4.79 Å². The van der Waals surface area contributed by atoms with E-state index in [9.17, 15) is 9.59 Å². The molecule has 1 aromatic carbocycles. The van der Waals surface area contributed by atoms with Crippen LogP contribution in [0.1, 0.15) is 52.1 Å². The molecule has 0 aliphatic carbocycles. The maximum atomic E-state index is 12.5. The second-order valence-corrected chi connectivity index (χ2v) is 7.05. The Morgan fingerprint density at radius 3 is 2.29 bits per heavy atom. The number of hydrogen-bond donors (Lipinski definition) is 2. The van der Waals surface area contributed by atoms with Crippen LogP contribution in [0.25, 0.3) is 0 Å². The predicted molar refractivity (Wildman–Crippen MR) is 96.8 cm³/mol. The molecule has 2 N–H and O–H groups in total. The Bertz CT molecular complexity index is 560. The fraction of sp³-hybridized carbons (Fsp3) is 0.579. The average Bonchev–Trinajstić information content (AvgIpc) is 2.54. The van der Waals surface area contributed by atoms with Crippen molar-refractivity contribution in [2.45, 2.75) is 46.6 Å². The van der Waals surface area contributed by atoms with Gasteiger partial charge in [-0.1, -0.05) is 32.9 Å². The zero-order valence-corrected chi connectivity index (χ0v) is 15.1. The first-order valence-electron chi connectivity index (χ1n) is 8.84. The zero-order chi connectivity index (χ0) is 17.7. The Balaban J connectivity index is 1.92. The van der Waals surface area contributed by atoms with E-state index in [2.05, 4.69) is 24.5 Å². The molecule has 1 aromatic rings. The Hall–Kier alpha value is -2.04. The van der Waals surface area contributed by atoms with Crippen molar-refractivity contribution < 1.29 is 9.59 Å². The van der Waals surface area contributed by atoms with E-state index in [4.69, 9.17) is 0 Å². The van der Waals surface area contributed by atoms with E-state index in [1.165, 1.54) is 6.42 Å². The van der Waals surface area contributed by atoms with E-state index < -0.39 is 0 Å². The molecule has 3 atom stereocenters. The van der Waals surface area contributed by atoms with Crippen molar-refractivity contribution in [3.8, 4) is 0 Å². The number of hydrogen-bond acceptors (Lipinski definition) is 2. The molecule has 1 fully saturated rings. The first-order valence-corrected chi connectivity index (χ1v) is 8.84. The summed E-state index contributed by atoms with van der Waals surface area (Å²) in [7, 11) is 0. The summed E-state index contributed by atoms with van der Waals surface area (Å²) in [4.78, 5) is 25.8. The van der Waals surface area contributed by atoms with Gasteiger partial charge in [-0.25, -0.2) is 4.79 Å². The van der Waals surface area contributed by atoms with Gasteiger partial charge in [0, 0.05) is 25.2 Å². The van der Waals surface area contributed by atoms with E-state index in [0.29, 0.717) is 18.3 Å². The standard InChI is InChI=1S/C19H29N3O2/c1-5-18(23)21-17-8-6-16(7-9-17)15(4)20-19(24)22-11-13(2)10-14(3)12-22/h6-9,13-15H,5,10-12H2,1-4H3,(H,20,24)(H,21,23). The molecule has 5 heteroatoms. The molecule has 0 aromatic heterocycles. The largest absolute Gasteiger partial charge is 0.331 e. The van der Waals surface area contributed by atoms with Gasteiger partial charge in [-0.2, -0.15) is 0 Å². The van der Waals surface area contributed by atoms with Crippen LogP contribution in [0.4, 0.5) is 10.5 Å². The van der Waals surface area contributed by atoms with E-state index in [1.54, 1.807) is 0 Å². The highest BCUT2D eigenvalue weighted by Gasteiger charge is 2.26. The van der Waals surface area contributed by atoms with Crippen LogP contribution in [0.5, 0.6) is 0 Å². The van der Waals surface area contributed by atoms with Crippen molar-refractivity contribution in [1.29, 1.82) is 0 Å². The van der Waals surface area contributed by atoms with Crippen LogP contribution in [0, 0.1) is 11.8 Å². The van der Waals surface area contributed by atoms with Gasteiger partial charge < -0.3 is 15.5 Å². The fourth-order valence-electron chi connectivity index (χ4n) is 3.29. The number of piperidine rings is 1. The summed E-state index contributed by atoms with van der Waals surface area (Å²) in [6.45, 7) is 9.85. The van der Waals surface area contributed by atoms with Gasteiger partial charge in [0.2, 0.25) is 5.91 Å². The quantitative estimate of drug-likeness (QED) is 0.882. The first-order chi connectivity index (χ1) is 11.4. The average molecular weight is 331 g/mol. The zero-order valence-electron chi connectivity index (χ0n) is 15.1. The number of benzene rings is 1. The van der Waals surface area contributed by atoms with Gasteiger partial charge in [0.1, 0.15) is 0 Å². The molecule has 0 radical (unpaired) electrons. The highest BCUT2D eigenvalue weighted by Crippen LogP contribution is 2.22. The second kappa shape index (κ2) is 8.18. The molecule has 0 saturated carbocycles. The van der Waals surface area contributed by atoms with Gasteiger partial charge in [-0.3, -0.25) is 4.79 Å². The fourth-order valence-corrected chi connectivity index (χ4v) is 3.29. The Morgan fingerprint density at radius 1 is 1.17 bits per heavy atom. The summed E-state index contributed by atoms with van der Waals surface area (Å²) in [5.41, 5.74) is 1.80. The number of nitrogens with one attached hydrogen (secondary N) is 2. The van der Waals surface area contributed by atoms with Crippen LogP contribution in [0.2, 0.25) is 0 Å². The third-order valence-corrected chi connectivity index (χ3v) is 4.51. The lowest BCUT2D eigenvalue weighted by Crippen LogP contribution is -2.48. The number of amides is 3. The first kappa shape index (κ1) is 18.3. The van der Waals surface area contributed by atoms with Gasteiger partial charge in [0.15, 0.2) is 0 Å². The summed E-state index contributed by atoms with van der Waals surface area (Å²) in [5, 5.41) is 5.90. The minimum atomic E-state index is -0.0686. The number of carbonyl (C=O) groups is 2. The molecule has 3 amide bonds. The summed E-state index contributed by atoms with van der Waals surface area (Å²) in [6, 6.07) is 7.56. The second-order valence-electron chi connectivity index (χ2n) is 7.05. The van der Waals surface area contributed by atoms with Crippen molar-refractivity contribution in [2.75, 3.05) is 18.4 Å². The number of carbonyl (C=O) groups excluding carboxylic acids is 2. The topological polar surface area (TPSA) is 61.4 Å². The molecule has 1 heterocycles. The maximum Gasteiger partial charge on any atom is 0.317 e. The van der Waals surface area contributed by atoms with Crippen molar-refractivity contribution in [3.05, 3.63) is 29.8 Å². The minimum absolute atomic E-state index is 0.00237. The molecule has 3 unspecified atom stereocenters. The van der Waals surface area contributed by atoms with E-state index in [-0.39, 0.29) is 18.0 Å². The van der Waals surface area contributed by atoms with E-state index in [0.717, 1.165) is 24.3 Å². The van der Waals surface area contributed by atoms with Crippen molar-refractivity contribution >= 4 is 17.6 Å². The smallest absolute Gasteiger partial charge is 0.317 e. The molecular formula is C19H29N3O2. The van der Waals surface area contributed by atoms with E-state index in [1.807, 2.05) is 43.0 Å². The Labute approximate surface area is 144 Å². The molecule has 0 spiro atoms. The summed E-state index contributed by atoms with van der Waals surface area (Å²) < 4.78 is 0. The van der Waals surface area contributed by atoms with Crippen LogP contribution in [0.3, 0.4) is 0 Å². The third-order valence-electron chi connectivity index (χ3n) is 4.51. The normalized spacial score (nSPS) is 21.9. The number of rotatable bonds is 4. The minimum Gasteiger partial charge on any atom is -0.331 e. The van der Waals surface area contributed by atoms with E-state index >= 15 is 0 Å². The summed E-state index contributed by atoms with van der Waals surface area (Å²) in [6.07, 6.45) is 1.64. The monoisotopic (exact) mass is 331 g/mol. The van der Waals surface area contributed by atoms with Gasteiger partial charge in [-0.05, 0) is 42.9 Å².